The van der Waals surface area contributed by atoms with E-state index in [1.165, 1.54) is 0 Å². The molecule has 0 aliphatic heterocycles. The molecule has 1 fully saturated rings. The lowest BCUT2D eigenvalue weighted by Crippen LogP contribution is -2.52. The molecule has 0 radical (unpaired) electrons. The fourth-order valence-electron chi connectivity index (χ4n) is 2.44. The Morgan fingerprint density at radius 3 is 2.38 bits per heavy atom. The van der Waals surface area contributed by atoms with E-state index in [1.807, 2.05) is 20.8 Å². The minimum atomic E-state index is -0.984. The van der Waals surface area contributed by atoms with Gasteiger partial charge >= 0.3 is 12.0 Å². The number of urea groups is 1. The molecule has 1 rings (SSSR count). The first-order valence-electron chi connectivity index (χ1n) is 7.65. The van der Waals surface area contributed by atoms with Crippen molar-refractivity contribution < 1.29 is 19.4 Å². The number of carbonyl (C=O) groups excluding carboxylic acids is 1. The number of carbonyl (C=O) groups is 2. The van der Waals surface area contributed by atoms with E-state index in [2.05, 4.69) is 5.32 Å². The minimum absolute atomic E-state index is 0.119. The van der Waals surface area contributed by atoms with Gasteiger partial charge < -0.3 is 20.1 Å². The van der Waals surface area contributed by atoms with E-state index in [0.717, 1.165) is 12.8 Å². The highest BCUT2D eigenvalue weighted by Crippen LogP contribution is 2.35. The number of nitrogens with zero attached hydrogens (tertiary/aromatic N) is 1. The van der Waals surface area contributed by atoms with Crippen molar-refractivity contribution in [3.05, 3.63) is 0 Å². The van der Waals surface area contributed by atoms with E-state index in [0.29, 0.717) is 25.5 Å². The number of aliphatic carboxylic acids is 1. The molecule has 0 heterocycles. The first kappa shape index (κ1) is 17.8. The van der Waals surface area contributed by atoms with Crippen LogP contribution in [0.1, 0.15) is 40.0 Å². The molecule has 1 aliphatic carbocycles. The number of hydrogen-bond donors (Lipinski definition) is 2. The standard InChI is InChI=1S/C15H28N2O4/c1-10(2)9-13(14(18)19)16-15(20)17(7-8-21-4)11(3)12-5-6-12/h10-13H,5-9H2,1-4H3,(H,16,20)(H,18,19)/t11?,13-/m0/s1. The number of rotatable bonds is 9. The Balaban J connectivity index is 2.66. The Kier molecular flexibility index (Phi) is 6.95. The molecule has 6 nitrogen and oxygen atoms in total. The number of amides is 2. The molecule has 0 aromatic carbocycles. The van der Waals surface area contributed by atoms with E-state index in [1.54, 1.807) is 12.0 Å². The molecule has 1 unspecified atom stereocenters. The Bertz CT molecular complexity index is 356. The van der Waals surface area contributed by atoms with E-state index in [4.69, 9.17) is 4.74 Å². The fraction of sp³-hybridized carbons (Fsp3) is 0.867. The molecule has 0 saturated heterocycles. The summed E-state index contributed by atoms with van der Waals surface area (Å²) in [5.41, 5.74) is 0. The highest BCUT2D eigenvalue weighted by Gasteiger charge is 2.35. The molecular weight excluding hydrogens is 272 g/mol. The second-order valence-corrected chi connectivity index (χ2v) is 6.23. The van der Waals surface area contributed by atoms with Crippen LogP contribution in [0.5, 0.6) is 0 Å². The van der Waals surface area contributed by atoms with Crippen LogP contribution in [-0.4, -0.2) is 54.4 Å². The SMILES string of the molecule is COCCN(C(=O)N[C@@H](CC(C)C)C(=O)O)C(C)C1CC1. The summed E-state index contributed by atoms with van der Waals surface area (Å²) < 4.78 is 5.05. The van der Waals surface area contributed by atoms with Crippen LogP contribution in [-0.2, 0) is 9.53 Å². The third-order valence-corrected chi connectivity index (χ3v) is 3.90. The molecule has 2 N–H and O–H groups in total. The van der Waals surface area contributed by atoms with Crippen LogP contribution in [0, 0.1) is 11.8 Å². The Morgan fingerprint density at radius 2 is 1.95 bits per heavy atom. The van der Waals surface area contributed by atoms with Gasteiger partial charge in [-0.1, -0.05) is 13.8 Å². The third-order valence-electron chi connectivity index (χ3n) is 3.90. The summed E-state index contributed by atoms with van der Waals surface area (Å²) in [4.78, 5) is 25.4. The van der Waals surface area contributed by atoms with Gasteiger partial charge in [0.05, 0.1) is 6.61 Å². The summed E-state index contributed by atoms with van der Waals surface area (Å²) in [5, 5.41) is 11.9. The molecule has 2 amide bonds. The predicted molar refractivity (Wildman–Crippen MR) is 80.2 cm³/mol. The molecule has 1 saturated carbocycles. The number of carboxylic acids is 1. The fourth-order valence-corrected chi connectivity index (χ4v) is 2.44. The smallest absolute Gasteiger partial charge is 0.326 e. The van der Waals surface area contributed by atoms with Gasteiger partial charge in [-0.3, -0.25) is 0 Å². The van der Waals surface area contributed by atoms with E-state index >= 15 is 0 Å². The molecule has 0 aromatic rings. The van der Waals surface area contributed by atoms with Gasteiger partial charge in [-0.2, -0.15) is 0 Å². The molecule has 6 heteroatoms. The van der Waals surface area contributed by atoms with Crippen LogP contribution < -0.4 is 5.32 Å². The van der Waals surface area contributed by atoms with Gasteiger partial charge in [0, 0.05) is 19.7 Å². The maximum atomic E-state index is 12.4. The van der Waals surface area contributed by atoms with Crippen molar-refractivity contribution in [2.75, 3.05) is 20.3 Å². The minimum Gasteiger partial charge on any atom is -0.480 e. The third kappa shape index (κ3) is 5.91. The zero-order valence-corrected chi connectivity index (χ0v) is 13.5. The summed E-state index contributed by atoms with van der Waals surface area (Å²) in [7, 11) is 1.59. The summed E-state index contributed by atoms with van der Waals surface area (Å²) in [6, 6.07) is -1.03. The topological polar surface area (TPSA) is 78.9 Å². The average Bonchev–Trinajstić information content (AvgIpc) is 3.21. The number of ether oxygens (including phenoxy) is 1. The van der Waals surface area contributed by atoms with Crippen molar-refractivity contribution in [1.29, 1.82) is 0 Å². The zero-order chi connectivity index (χ0) is 16.0. The number of hydrogen-bond acceptors (Lipinski definition) is 3. The monoisotopic (exact) mass is 300 g/mol. The van der Waals surface area contributed by atoms with Gasteiger partial charge in [0.1, 0.15) is 6.04 Å². The van der Waals surface area contributed by atoms with Crippen LogP contribution in [0.4, 0.5) is 4.79 Å². The van der Waals surface area contributed by atoms with Gasteiger partial charge in [0.15, 0.2) is 0 Å². The maximum absolute atomic E-state index is 12.4. The molecular formula is C15H28N2O4. The molecule has 0 aromatic heterocycles. The van der Waals surface area contributed by atoms with Crippen LogP contribution in [0.25, 0.3) is 0 Å². The summed E-state index contributed by atoms with van der Waals surface area (Å²) >= 11 is 0. The summed E-state index contributed by atoms with van der Waals surface area (Å²) in [6.45, 7) is 6.83. The summed E-state index contributed by atoms with van der Waals surface area (Å²) in [5.74, 6) is -0.247. The van der Waals surface area contributed by atoms with Crippen molar-refractivity contribution in [3.63, 3.8) is 0 Å². The maximum Gasteiger partial charge on any atom is 0.326 e. The Morgan fingerprint density at radius 1 is 1.33 bits per heavy atom. The lowest BCUT2D eigenvalue weighted by Gasteiger charge is -2.31. The van der Waals surface area contributed by atoms with Crippen molar-refractivity contribution in [3.8, 4) is 0 Å². The lowest BCUT2D eigenvalue weighted by atomic mass is 10.0. The number of methoxy groups -OCH3 is 1. The molecule has 21 heavy (non-hydrogen) atoms. The first-order valence-corrected chi connectivity index (χ1v) is 7.65. The molecule has 0 bridgehead atoms. The second-order valence-electron chi connectivity index (χ2n) is 6.23. The van der Waals surface area contributed by atoms with Crippen LogP contribution in [0.15, 0.2) is 0 Å². The van der Waals surface area contributed by atoms with Gasteiger partial charge in [-0.25, -0.2) is 9.59 Å². The highest BCUT2D eigenvalue weighted by atomic mass is 16.5. The molecule has 2 atom stereocenters. The largest absolute Gasteiger partial charge is 0.480 e. The lowest BCUT2D eigenvalue weighted by molar-refractivity contribution is -0.139. The molecule has 122 valence electrons. The van der Waals surface area contributed by atoms with Gasteiger partial charge in [-0.15, -0.1) is 0 Å². The van der Waals surface area contributed by atoms with Gasteiger partial charge in [0.25, 0.3) is 0 Å². The van der Waals surface area contributed by atoms with Crippen LogP contribution in [0.2, 0.25) is 0 Å². The predicted octanol–water partition coefficient (Wildman–Crippen LogP) is 1.94. The zero-order valence-electron chi connectivity index (χ0n) is 13.5. The van der Waals surface area contributed by atoms with E-state index in [9.17, 15) is 14.7 Å². The van der Waals surface area contributed by atoms with E-state index in [-0.39, 0.29) is 18.0 Å². The Hall–Kier alpha value is -1.30. The number of carboxylic acid groups (broad SMARTS) is 1. The molecule has 0 spiro atoms. The van der Waals surface area contributed by atoms with Crippen molar-refractivity contribution in [2.24, 2.45) is 11.8 Å². The van der Waals surface area contributed by atoms with Gasteiger partial charge in [0.2, 0.25) is 0 Å². The normalized spacial score (nSPS) is 17.4. The van der Waals surface area contributed by atoms with Crippen molar-refractivity contribution in [1.82, 2.24) is 10.2 Å². The quantitative estimate of drug-likeness (QED) is 0.682. The van der Waals surface area contributed by atoms with Crippen molar-refractivity contribution >= 4 is 12.0 Å². The number of nitrogens with one attached hydrogen (secondary N) is 1. The highest BCUT2D eigenvalue weighted by molar-refractivity contribution is 5.82. The van der Waals surface area contributed by atoms with Crippen LogP contribution in [0.3, 0.4) is 0 Å². The second kappa shape index (κ2) is 8.22. The first-order chi connectivity index (χ1) is 9.86. The van der Waals surface area contributed by atoms with E-state index < -0.39 is 12.0 Å². The average molecular weight is 300 g/mol. The van der Waals surface area contributed by atoms with Gasteiger partial charge in [-0.05, 0) is 38.0 Å². The van der Waals surface area contributed by atoms with Crippen molar-refractivity contribution in [2.45, 2.75) is 52.1 Å². The Labute approximate surface area is 126 Å². The summed E-state index contributed by atoms with van der Waals surface area (Å²) in [6.07, 6.45) is 2.69. The van der Waals surface area contributed by atoms with Crippen LogP contribution >= 0.6 is 0 Å². The molecule has 1 aliphatic rings.